The summed E-state index contributed by atoms with van der Waals surface area (Å²) in [6, 6.07) is 3.84. The summed E-state index contributed by atoms with van der Waals surface area (Å²) in [6.45, 7) is 9.07. The van der Waals surface area contributed by atoms with Gasteiger partial charge in [-0.1, -0.05) is 0 Å². The zero-order valence-electron chi connectivity index (χ0n) is 15.0. The summed E-state index contributed by atoms with van der Waals surface area (Å²) in [6.07, 6.45) is 3.18. The highest BCUT2D eigenvalue weighted by molar-refractivity contribution is 5.80. The van der Waals surface area contributed by atoms with Gasteiger partial charge in [-0.2, -0.15) is 0 Å². The molecule has 1 unspecified atom stereocenters. The van der Waals surface area contributed by atoms with Crippen LogP contribution in [-0.2, 0) is 4.79 Å². The minimum Gasteiger partial charge on any atom is -0.354 e. The Morgan fingerprint density at radius 3 is 2.46 bits per heavy atom. The molecule has 132 valence electrons. The number of amides is 3. The van der Waals surface area contributed by atoms with Crippen LogP contribution in [0.4, 0.5) is 4.79 Å². The van der Waals surface area contributed by atoms with E-state index in [1.165, 1.54) is 0 Å². The lowest BCUT2D eigenvalue weighted by Crippen LogP contribution is -2.48. The van der Waals surface area contributed by atoms with Crippen LogP contribution in [0.2, 0.25) is 0 Å². The van der Waals surface area contributed by atoms with E-state index in [1.54, 1.807) is 11.1 Å². The molecule has 1 saturated heterocycles. The van der Waals surface area contributed by atoms with Gasteiger partial charge in [-0.15, -0.1) is 0 Å². The van der Waals surface area contributed by atoms with Crippen molar-refractivity contribution in [2.45, 2.75) is 52.6 Å². The number of carbonyl (C=O) groups excluding carboxylic acids is 2. The van der Waals surface area contributed by atoms with Crippen molar-refractivity contribution in [3.8, 4) is 0 Å². The molecule has 0 aliphatic carbocycles. The molecule has 0 saturated carbocycles. The number of nitrogens with one attached hydrogen (secondary N) is 2. The first-order valence-electron chi connectivity index (χ1n) is 8.65. The van der Waals surface area contributed by atoms with Gasteiger partial charge in [0.25, 0.3) is 0 Å². The molecule has 2 N–H and O–H groups in total. The van der Waals surface area contributed by atoms with Crippen LogP contribution in [0.1, 0.15) is 50.9 Å². The van der Waals surface area contributed by atoms with Crippen molar-refractivity contribution >= 4 is 11.9 Å². The Hall–Kier alpha value is -2.11. The maximum absolute atomic E-state index is 12.4. The second-order valence-corrected chi connectivity index (χ2v) is 6.85. The van der Waals surface area contributed by atoms with E-state index in [4.69, 9.17) is 0 Å². The zero-order valence-corrected chi connectivity index (χ0v) is 15.0. The lowest BCUT2D eigenvalue weighted by molar-refractivity contribution is -0.126. The lowest BCUT2D eigenvalue weighted by Gasteiger charge is -2.32. The van der Waals surface area contributed by atoms with E-state index in [0.717, 1.165) is 11.3 Å². The Morgan fingerprint density at radius 2 is 1.88 bits per heavy atom. The molecule has 1 aliphatic heterocycles. The van der Waals surface area contributed by atoms with Crippen molar-refractivity contribution in [2.24, 2.45) is 5.92 Å². The van der Waals surface area contributed by atoms with Crippen molar-refractivity contribution in [1.29, 1.82) is 0 Å². The molecule has 0 bridgehead atoms. The number of nitrogens with zero attached hydrogens (tertiary/aromatic N) is 2. The van der Waals surface area contributed by atoms with Crippen molar-refractivity contribution in [3.05, 3.63) is 29.6 Å². The number of rotatable bonds is 4. The molecule has 0 spiro atoms. The summed E-state index contributed by atoms with van der Waals surface area (Å²) in [7, 11) is 0. The Balaban J connectivity index is 1.83. The summed E-state index contributed by atoms with van der Waals surface area (Å²) >= 11 is 0. The van der Waals surface area contributed by atoms with Crippen LogP contribution in [0.25, 0.3) is 0 Å². The molecule has 6 nitrogen and oxygen atoms in total. The smallest absolute Gasteiger partial charge is 0.317 e. The third-order valence-corrected chi connectivity index (χ3v) is 4.30. The molecule has 6 heteroatoms. The molecule has 1 aromatic rings. The number of carbonyl (C=O) groups is 2. The van der Waals surface area contributed by atoms with E-state index in [2.05, 4.69) is 15.6 Å². The molecule has 1 aliphatic rings. The van der Waals surface area contributed by atoms with E-state index in [1.807, 2.05) is 39.8 Å². The van der Waals surface area contributed by atoms with Crippen LogP contribution in [0.5, 0.6) is 0 Å². The number of piperidine rings is 1. The van der Waals surface area contributed by atoms with Crippen LogP contribution in [-0.4, -0.2) is 41.0 Å². The second kappa shape index (κ2) is 8.13. The van der Waals surface area contributed by atoms with Gasteiger partial charge in [0.15, 0.2) is 0 Å². The van der Waals surface area contributed by atoms with Crippen LogP contribution < -0.4 is 10.6 Å². The number of likely N-dealkylation sites (tertiary alicyclic amines) is 1. The van der Waals surface area contributed by atoms with Crippen LogP contribution >= 0.6 is 0 Å². The molecule has 2 rings (SSSR count). The van der Waals surface area contributed by atoms with Crippen molar-refractivity contribution in [2.75, 3.05) is 13.1 Å². The Morgan fingerprint density at radius 1 is 1.21 bits per heavy atom. The third kappa shape index (κ3) is 4.94. The highest BCUT2D eigenvalue weighted by atomic mass is 16.2. The highest BCUT2D eigenvalue weighted by Gasteiger charge is 2.28. The molecule has 2 heterocycles. The van der Waals surface area contributed by atoms with Crippen molar-refractivity contribution in [3.63, 3.8) is 0 Å². The molecule has 1 atom stereocenters. The van der Waals surface area contributed by atoms with Crippen LogP contribution in [0.15, 0.2) is 18.3 Å². The van der Waals surface area contributed by atoms with Gasteiger partial charge < -0.3 is 15.5 Å². The van der Waals surface area contributed by atoms with Gasteiger partial charge in [0, 0.05) is 31.2 Å². The summed E-state index contributed by atoms with van der Waals surface area (Å²) in [5.74, 6) is 0.106. The molecular formula is C18H28N4O2. The Bertz CT molecular complexity index is 580. The fraction of sp³-hybridized carbons (Fsp3) is 0.611. The maximum atomic E-state index is 12.4. The normalized spacial score (nSPS) is 16.8. The van der Waals surface area contributed by atoms with Gasteiger partial charge in [-0.3, -0.25) is 9.78 Å². The standard InChI is InChI=1S/C18H28N4O2/c1-12(2)20-17(23)15-6-9-22(10-7-15)18(24)21-14(4)16-11-13(3)5-8-19-16/h5,8,11-12,14-15H,6-7,9-10H2,1-4H3,(H,20,23)(H,21,24). The average Bonchev–Trinajstić information content (AvgIpc) is 2.54. The maximum Gasteiger partial charge on any atom is 0.317 e. The number of pyridine rings is 1. The molecule has 0 radical (unpaired) electrons. The topological polar surface area (TPSA) is 74.3 Å². The molecule has 1 aromatic heterocycles. The monoisotopic (exact) mass is 332 g/mol. The largest absolute Gasteiger partial charge is 0.354 e. The minimum atomic E-state index is -0.139. The molecule has 3 amide bonds. The molecular weight excluding hydrogens is 304 g/mol. The highest BCUT2D eigenvalue weighted by Crippen LogP contribution is 2.18. The van der Waals surface area contributed by atoms with Gasteiger partial charge in [-0.05, 0) is 58.2 Å². The predicted molar refractivity (Wildman–Crippen MR) is 93.5 cm³/mol. The fourth-order valence-corrected chi connectivity index (χ4v) is 2.89. The first kappa shape index (κ1) is 18.2. The molecule has 24 heavy (non-hydrogen) atoms. The quantitative estimate of drug-likeness (QED) is 0.889. The number of urea groups is 1. The first-order chi connectivity index (χ1) is 11.4. The van der Waals surface area contributed by atoms with Crippen LogP contribution in [0.3, 0.4) is 0 Å². The summed E-state index contributed by atoms with van der Waals surface area (Å²) in [5.41, 5.74) is 1.98. The summed E-state index contributed by atoms with van der Waals surface area (Å²) in [4.78, 5) is 30.5. The van der Waals surface area contributed by atoms with E-state index >= 15 is 0 Å². The SMILES string of the molecule is Cc1ccnc(C(C)NC(=O)N2CCC(C(=O)NC(C)C)CC2)c1. The van der Waals surface area contributed by atoms with Gasteiger partial charge in [-0.25, -0.2) is 4.79 Å². The number of hydrogen-bond donors (Lipinski definition) is 2. The van der Waals surface area contributed by atoms with E-state index in [9.17, 15) is 9.59 Å². The Labute approximate surface area is 144 Å². The Kier molecular flexibility index (Phi) is 6.17. The van der Waals surface area contributed by atoms with Crippen LogP contribution in [0, 0.1) is 12.8 Å². The molecule has 1 fully saturated rings. The van der Waals surface area contributed by atoms with Gasteiger partial charge in [0.05, 0.1) is 11.7 Å². The van der Waals surface area contributed by atoms with Gasteiger partial charge >= 0.3 is 6.03 Å². The average molecular weight is 332 g/mol. The van der Waals surface area contributed by atoms with Gasteiger partial charge in [0.1, 0.15) is 0 Å². The fourth-order valence-electron chi connectivity index (χ4n) is 2.89. The number of aromatic nitrogens is 1. The second-order valence-electron chi connectivity index (χ2n) is 6.85. The zero-order chi connectivity index (χ0) is 17.7. The van der Waals surface area contributed by atoms with Crippen molar-refractivity contribution in [1.82, 2.24) is 20.5 Å². The first-order valence-corrected chi connectivity index (χ1v) is 8.65. The molecule has 0 aromatic carbocycles. The summed E-state index contributed by atoms with van der Waals surface area (Å²) < 4.78 is 0. The van der Waals surface area contributed by atoms with Crippen molar-refractivity contribution < 1.29 is 9.59 Å². The van der Waals surface area contributed by atoms with E-state index < -0.39 is 0 Å². The lowest BCUT2D eigenvalue weighted by atomic mass is 9.96. The van der Waals surface area contributed by atoms with Gasteiger partial charge in [0.2, 0.25) is 5.91 Å². The number of aryl methyl sites for hydroxylation is 1. The van der Waals surface area contributed by atoms with E-state index in [0.29, 0.717) is 25.9 Å². The third-order valence-electron chi connectivity index (χ3n) is 4.30. The minimum absolute atomic E-state index is 0.00677. The summed E-state index contributed by atoms with van der Waals surface area (Å²) in [5, 5.41) is 5.94. The van der Waals surface area contributed by atoms with E-state index in [-0.39, 0.29) is 29.9 Å². The number of hydrogen-bond acceptors (Lipinski definition) is 3. The predicted octanol–water partition coefficient (Wildman–Crippen LogP) is 2.40.